The van der Waals surface area contributed by atoms with Gasteiger partial charge < -0.3 is 18.3 Å². The van der Waals surface area contributed by atoms with Gasteiger partial charge in [-0.25, -0.2) is 14.4 Å². The maximum absolute atomic E-state index is 12.6. The lowest BCUT2D eigenvalue weighted by molar-refractivity contribution is -0.147. The number of halogens is 1. The minimum atomic E-state index is -0.840. The Labute approximate surface area is 178 Å². The molecule has 2 aromatic carbocycles. The number of carbonyl (C=O) groups is 1. The topological polar surface area (TPSA) is 96.0 Å². The van der Waals surface area contributed by atoms with E-state index in [0.29, 0.717) is 27.7 Å². The maximum Gasteiger partial charge on any atom is 0.346 e. The first-order chi connectivity index (χ1) is 14.4. The second-order valence-corrected chi connectivity index (χ2v) is 7.47. The summed E-state index contributed by atoms with van der Waals surface area (Å²) in [7, 11) is 1.27. The summed E-state index contributed by atoms with van der Waals surface area (Å²) in [6.45, 7) is 1.54. The molecule has 2 aromatic heterocycles. The fourth-order valence-electron chi connectivity index (χ4n) is 3.14. The summed E-state index contributed by atoms with van der Waals surface area (Å²) in [5.74, 6) is -0.222. The molecule has 2 heterocycles. The average molecular weight is 471 g/mol. The molecule has 1 atom stereocenters. The Bertz CT molecular complexity index is 1400. The highest BCUT2D eigenvalue weighted by atomic mass is 79.9. The van der Waals surface area contributed by atoms with Crippen molar-refractivity contribution < 1.29 is 23.1 Å². The van der Waals surface area contributed by atoms with Crippen LogP contribution in [-0.4, -0.2) is 19.2 Å². The Morgan fingerprint density at radius 1 is 0.967 bits per heavy atom. The summed E-state index contributed by atoms with van der Waals surface area (Å²) >= 11 is 3.39. The third-order valence-electron chi connectivity index (χ3n) is 4.55. The smallest absolute Gasteiger partial charge is 0.346 e. The fraction of sp³-hybridized carbons (Fsp3) is 0.136. The third-order valence-corrected chi connectivity index (χ3v) is 5.04. The maximum atomic E-state index is 12.6. The highest BCUT2D eigenvalue weighted by Crippen LogP contribution is 2.30. The van der Waals surface area contributed by atoms with E-state index in [-0.39, 0.29) is 11.1 Å². The van der Waals surface area contributed by atoms with E-state index in [9.17, 15) is 14.4 Å². The summed E-state index contributed by atoms with van der Waals surface area (Å²) in [4.78, 5) is 36.4. The van der Waals surface area contributed by atoms with Gasteiger partial charge in [-0.2, -0.15) is 0 Å². The van der Waals surface area contributed by atoms with Gasteiger partial charge in [0.1, 0.15) is 16.9 Å². The van der Waals surface area contributed by atoms with Gasteiger partial charge in [-0.1, -0.05) is 15.9 Å². The van der Waals surface area contributed by atoms with E-state index in [4.69, 9.17) is 13.6 Å². The predicted molar refractivity (Wildman–Crippen MR) is 114 cm³/mol. The number of rotatable bonds is 4. The van der Waals surface area contributed by atoms with Gasteiger partial charge in [0.2, 0.25) is 0 Å². The van der Waals surface area contributed by atoms with Crippen molar-refractivity contribution in [3.05, 3.63) is 73.8 Å². The Kier molecular flexibility index (Phi) is 5.17. The molecule has 0 aliphatic rings. The molecule has 0 N–H and O–H groups in total. The second kappa shape index (κ2) is 7.79. The molecule has 30 heavy (non-hydrogen) atoms. The number of esters is 1. The van der Waals surface area contributed by atoms with Gasteiger partial charge in [-0.15, -0.1) is 0 Å². The molecule has 4 aromatic rings. The van der Waals surface area contributed by atoms with Crippen LogP contribution in [0.15, 0.2) is 71.4 Å². The number of hydrogen-bond acceptors (Lipinski definition) is 7. The van der Waals surface area contributed by atoms with E-state index in [1.165, 1.54) is 19.2 Å². The van der Waals surface area contributed by atoms with Crippen LogP contribution in [0.25, 0.3) is 33.1 Å². The molecule has 0 radical (unpaired) electrons. The zero-order chi connectivity index (χ0) is 21.4. The Morgan fingerprint density at radius 2 is 1.77 bits per heavy atom. The Balaban J connectivity index is 1.87. The van der Waals surface area contributed by atoms with Crippen LogP contribution < -0.4 is 16.0 Å². The van der Waals surface area contributed by atoms with Crippen LogP contribution in [0.4, 0.5) is 0 Å². The molecule has 0 saturated heterocycles. The lowest BCUT2D eigenvalue weighted by Crippen LogP contribution is -2.24. The molecular weight excluding hydrogens is 456 g/mol. The van der Waals surface area contributed by atoms with Gasteiger partial charge in [0.15, 0.2) is 6.10 Å². The predicted octanol–water partition coefficient (Wildman–Crippen LogP) is 4.27. The first kappa shape index (κ1) is 19.9. The van der Waals surface area contributed by atoms with Gasteiger partial charge in [0.05, 0.1) is 12.7 Å². The van der Waals surface area contributed by atoms with E-state index in [1.807, 2.05) is 6.07 Å². The molecule has 4 rings (SSSR count). The standard InChI is InChI=1S/C22H15BrO7/c1-11(21(25)27-2)28-14-4-5-15-16(10-20(24)29-19(15)9-14)17-8-12-7-13(23)3-6-18(12)30-22(17)26/h3-11H,1-2H3. The molecule has 152 valence electrons. The lowest BCUT2D eigenvalue weighted by atomic mass is 10.0. The van der Waals surface area contributed by atoms with E-state index in [0.717, 1.165) is 4.47 Å². The van der Waals surface area contributed by atoms with Crippen LogP contribution in [-0.2, 0) is 9.53 Å². The van der Waals surface area contributed by atoms with Gasteiger partial charge in [0, 0.05) is 32.9 Å². The van der Waals surface area contributed by atoms with Gasteiger partial charge in [-0.3, -0.25) is 0 Å². The molecule has 0 spiro atoms. The number of fused-ring (bicyclic) bond motifs is 2. The molecule has 8 heteroatoms. The first-order valence-electron chi connectivity index (χ1n) is 8.92. The summed E-state index contributed by atoms with van der Waals surface area (Å²) < 4.78 is 21.7. The highest BCUT2D eigenvalue weighted by Gasteiger charge is 2.17. The minimum absolute atomic E-state index is 0.209. The molecule has 0 aliphatic heterocycles. The minimum Gasteiger partial charge on any atom is -0.479 e. The number of benzene rings is 2. The third kappa shape index (κ3) is 3.73. The first-order valence-corrected chi connectivity index (χ1v) is 9.71. The molecule has 1 unspecified atom stereocenters. The van der Waals surface area contributed by atoms with Crippen LogP contribution in [0.2, 0.25) is 0 Å². The van der Waals surface area contributed by atoms with Crippen LogP contribution in [0.3, 0.4) is 0 Å². The van der Waals surface area contributed by atoms with Crippen molar-refractivity contribution in [2.75, 3.05) is 7.11 Å². The number of carbonyl (C=O) groups excluding carboxylic acids is 1. The van der Waals surface area contributed by atoms with E-state index in [2.05, 4.69) is 20.7 Å². The number of methoxy groups -OCH3 is 1. The van der Waals surface area contributed by atoms with Crippen molar-refractivity contribution in [1.29, 1.82) is 0 Å². The summed E-state index contributed by atoms with van der Waals surface area (Å²) in [5, 5.41) is 1.22. The van der Waals surface area contributed by atoms with Crippen molar-refractivity contribution in [2.24, 2.45) is 0 Å². The monoisotopic (exact) mass is 470 g/mol. The average Bonchev–Trinajstić information content (AvgIpc) is 2.72. The normalized spacial score (nSPS) is 12.1. The van der Waals surface area contributed by atoms with Crippen LogP contribution in [0.1, 0.15) is 6.92 Å². The lowest BCUT2D eigenvalue weighted by Gasteiger charge is -2.13. The van der Waals surface area contributed by atoms with Crippen molar-refractivity contribution in [3.63, 3.8) is 0 Å². The summed E-state index contributed by atoms with van der Waals surface area (Å²) in [6.07, 6.45) is -0.840. The van der Waals surface area contributed by atoms with Crippen molar-refractivity contribution in [3.8, 4) is 16.9 Å². The quantitative estimate of drug-likeness (QED) is 0.324. The molecule has 0 aliphatic carbocycles. The second-order valence-electron chi connectivity index (χ2n) is 6.55. The molecule has 0 bridgehead atoms. The Morgan fingerprint density at radius 3 is 2.53 bits per heavy atom. The molecule has 0 amide bonds. The zero-order valence-electron chi connectivity index (χ0n) is 15.9. The van der Waals surface area contributed by atoms with Crippen molar-refractivity contribution in [2.45, 2.75) is 13.0 Å². The SMILES string of the molecule is COC(=O)C(C)Oc1ccc2c(-c3cc4cc(Br)ccc4oc3=O)cc(=O)oc2c1. The Hall–Kier alpha value is -3.39. The van der Waals surface area contributed by atoms with Crippen LogP contribution >= 0.6 is 15.9 Å². The molecule has 0 fully saturated rings. The fourth-order valence-corrected chi connectivity index (χ4v) is 3.52. The van der Waals surface area contributed by atoms with Crippen molar-refractivity contribution >= 4 is 43.8 Å². The number of hydrogen-bond donors (Lipinski definition) is 0. The van der Waals surface area contributed by atoms with Gasteiger partial charge >= 0.3 is 17.2 Å². The van der Waals surface area contributed by atoms with Crippen LogP contribution in [0, 0.1) is 0 Å². The van der Waals surface area contributed by atoms with E-state index >= 15 is 0 Å². The summed E-state index contributed by atoms with van der Waals surface area (Å²) in [5.41, 5.74) is 0.0489. The number of ether oxygens (including phenoxy) is 2. The highest BCUT2D eigenvalue weighted by molar-refractivity contribution is 9.10. The van der Waals surface area contributed by atoms with Gasteiger partial charge in [0.25, 0.3) is 0 Å². The van der Waals surface area contributed by atoms with Crippen LogP contribution in [0.5, 0.6) is 5.75 Å². The van der Waals surface area contributed by atoms with Gasteiger partial charge in [-0.05, 0) is 43.3 Å². The molecule has 7 nitrogen and oxygen atoms in total. The summed E-state index contributed by atoms with van der Waals surface area (Å²) in [6, 6.07) is 12.9. The molecular formula is C22H15BrO7. The van der Waals surface area contributed by atoms with Crippen molar-refractivity contribution in [1.82, 2.24) is 0 Å². The van der Waals surface area contributed by atoms with E-state index in [1.54, 1.807) is 37.3 Å². The zero-order valence-corrected chi connectivity index (χ0v) is 17.5. The largest absolute Gasteiger partial charge is 0.479 e. The van der Waals surface area contributed by atoms with E-state index < -0.39 is 23.3 Å². The molecule has 0 saturated carbocycles.